The average molecular weight is 329 g/mol. The van der Waals surface area contributed by atoms with Crippen LogP contribution in [0.2, 0.25) is 0 Å². The van der Waals surface area contributed by atoms with Gasteiger partial charge in [0.1, 0.15) is 12.1 Å². The Morgan fingerprint density at radius 2 is 2.25 bits per heavy atom. The molecule has 2 amide bonds. The first-order valence-corrected chi connectivity index (χ1v) is 8.33. The van der Waals surface area contributed by atoms with Crippen molar-refractivity contribution in [3.8, 4) is 0 Å². The van der Waals surface area contributed by atoms with Gasteiger partial charge in [0.25, 0.3) is 0 Å². The van der Waals surface area contributed by atoms with E-state index < -0.39 is 0 Å². The molecule has 1 aliphatic carbocycles. The lowest BCUT2D eigenvalue weighted by Gasteiger charge is -2.26. The molecule has 6 nitrogen and oxygen atoms in total. The van der Waals surface area contributed by atoms with E-state index in [2.05, 4.69) is 15.5 Å². The number of rotatable bonds is 2. The van der Waals surface area contributed by atoms with Crippen LogP contribution in [0.3, 0.4) is 0 Å². The van der Waals surface area contributed by atoms with Crippen molar-refractivity contribution in [2.45, 2.75) is 37.8 Å². The smallest absolute Gasteiger partial charge is 0.318 e. The van der Waals surface area contributed by atoms with Gasteiger partial charge in [0.2, 0.25) is 0 Å². The van der Waals surface area contributed by atoms with Gasteiger partial charge in [-0.15, -0.1) is 10.2 Å². The largest absolute Gasteiger partial charge is 0.331 e. The van der Waals surface area contributed by atoms with E-state index in [4.69, 9.17) is 0 Å². The zero-order chi connectivity index (χ0) is 16.7. The van der Waals surface area contributed by atoms with E-state index in [0.717, 1.165) is 36.2 Å². The van der Waals surface area contributed by atoms with Gasteiger partial charge >= 0.3 is 6.03 Å². The predicted molar refractivity (Wildman–Crippen MR) is 85.7 cm³/mol. The number of nitrogens with one attached hydrogen (secondary N) is 1. The molecule has 4 rings (SSSR count). The zero-order valence-corrected chi connectivity index (χ0v) is 13.6. The van der Waals surface area contributed by atoms with Crippen LogP contribution in [-0.2, 0) is 13.5 Å². The quantitative estimate of drug-likeness (QED) is 0.921. The second kappa shape index (κ2) is 5.89. The summed E-state index contributed by atoms with van der Waals surface area (Å²) in [5, 5.41) is 11.1. The highest BCUT2D eigenvalue weighted by molar-refractivity contribution is 5.75. The van der Waals surface area contributed by atoms with Crippen LogP contribution in [0, 0.1) is 5.82 Å². The van der Waals surface area contributed by atoms with E-state index in [1.807, 2.05) is 22.6 Å². The SMILES string of the molecule is Cn1cnnc1[C@@H]1CCCN1C(=O)N[C@H]1CCc2c(F)cccc21. The summed E-state index contributed by atoms with van der Waals surface area (Å²) in [7, 11) is 1.89. The summed E-state index contributed by atoms with van der Waals surface area (Å²) in [6.07, 6.45) is 4.89. The van der Waals surface area contributed by atoms with Gasteiger partial charge in [0.05, 0.1) is 12.1 Å². The Morgan fingerprint density at radius 3 is 3.04 bits per heavy atom. The zero-order valence-electron chi connectivity index (χ0n) is 13.6. The molecule has 1 saturated heterocycles. The number of amides is 2. The Bertz CT molecular complexity index is 774. The van der Waals surface area contributed by atoms with Crippen LogP contribution < -0.4 is 5.32 Å². The van der Waals surface area contributed by atoms with Crippen LogP contribution in [0.25, 0.3) is 0 Å². The number of halogens is 1. The van der Waals surface area contributed by atoms with Gasteiger partial charge in [0, 0.05) is 13.6 Å². The number of aryl methyl sites for hydroxylation is 1. The van der Waals surface area contributed by atoms with Crippen LogP contribution in [0.1, 0.15) is 48.3 Å². The minimum absolute atomic E-state index is 0.0501. The van der Waals surface area contributed by atoms with Gasteiger partial charge in [0.15, 0.2) is 5.82 Å². The number of aromatic nitrogens is 3. The molecular formula is C17H20FN5O. The van der Waals surface area contributed by atoms with Gasteiger partial charge < -0.3 is 14.8 Å². The number of carbonyl (C=O) groups is 1. The van der Waals surface area contributed by atoms with Crippen molar-refractivity contribution < 1.29 is 9.18 Å². The second-order valence-electron chi connectivity index (χ2n) is 6.50. The maximum absolute atomic E-state index is 13.9. The van der Waals surface area contributed by atoms with Crippen molar-refractivity contribution >= 4 is 6.03 Å². The Hall–Kier alpha value is -2.44. The molecular weight excluding hydrogens is 309 g/mol. The monoisotopic (exact) mass is 329 g/mol. The van der Waals surface area contributed by atoms with Crippen LogP contribution in [0.15, 0.2) is 24.5 Å². The van der Waals surface area contributed by atoms with Crippen molar-refractivity contribution in [1.82, 2.24) is 25.0 Å². The molecule has 2 aliphatic rings. The molecule has 1 N–H and O–H groups in total. The molecule has 2 aromatic rings. The van der Waals surface area contributed by atoms with E-state index >= 15 is 0 Å². The summed E-state index contributed by atoms with van der Waals surface area (Å²) in [6, 6.07) is 4.81. The maximum Gasteiger partial charge on any atom is 0.318 e. The fraction of sp³-hybridized carbons (Fsp3) is 0.471. The molecule has 0 saturated carbocycles. The standard InChI is InChI=1S/C17H20FN5O/c1-22-10-19-21-16(22)15-6-3-9-23(15)17(24)20-14-8-7-11-12(14)4-2-5-13(11)18/h2,4-5,10,14-15H,3,6-9H2,1H3,(H,20,24)/t14-,15-/m0/s1. The van der Waals surface area contributed by atoms with Crippen LogP contribution in [-0.4, -0.2) is 32.2 Å². The van der Waals surface area contributed by atoms with Gasteiger partial charge in [-0.2, -0.15) is 0 Å². The minimum atomic E-state index is -0.178. The topological polar surface area (TPSA) is 63.1 Å². The Kier molecular flexibility index (Phi) is 3.70. The van der Waals surface area contributed by atoms with Crippen LogP contribution >= 0.6 is 0 Å². The first-order chi connectivity index (χ1) is 11.6. The third-order valence-corrected chi connectivity index (χ3v) is 5.07. The fourth-order valence-electron chi connectivity index (χ4n) is 3.86. The number of fused-ring (bicyclic) bond motifs is 1. The highest BCUT2D eigenvalue weighted by atomic mass is 19.1. The molecule has 1 aromatic carbocycles. The van der Waals surface area contributed by atoms with Crippen molar-refractivity contribution in [1.29, 1.82) is 0 Å². The van der Waals surface area contributed by atoms with Crippen molar-refractivity contribution in [3.05, 3.63) is 47.3 Å². The van der Waals surface area contributed by atoms with Crippen LogP contribution in [0.4, 0.5) is 9.18 Å². The number of hydrogen-bond acceptors (Lipinski definition) is 3. The summed E-state index contributed by atoms with van der Waals surface area (Å²) >= 11 is 0. The first kappa shape index (κ1) is 15.1. The molecule has 1 aromatic heterocycles. The van der Waals surface area contributed by atoms with E-state index in [-0.39, 0.29) is 23.9 Å². The molecule has 1 fully saturated rings. The third kappa shape index (κ3) is 2.44. The number of hydrogen-bond donors (Lipinski definition) is 1. The molecule has 0 radical (unpaired) electrons. The minimum Gasteiger partial charge on any atom is -0.331 e. The summed E-state index contributed by atoms with van der Waals surface area (Å²) < 4.78 is 15.7. The summed E-state index contributed by atoms with van der Waals surface area (Å²) in [6.45, 7) is 0.700. The lowest BCUT2D eigenvalue weighted by Crippen LogP contribution is -2.41. The number of carbonyl (C=O) groups excluding carboxylic acids is 1. The normalized spacial score (nSPS) is 22.7. The van der Waals surface area contributed by atoms with E-state index in [1.165, 1.54) is 6.07 Å². The Balaban J connectivity index is 1.51. The molecule has 7 heteroatoms. The summed E-state index contributed by atoms with van der Waals surface area (Å²) in [5.74, 6) is 0.628. The van der Waals surface area contributed by atoms with E-state index in [1.54, 1.807) is 12.4 Å². The van der Waals surface area contributed by atoms with E-state index in [9.17, 15) is 9.18 Å². The van der Waals surface area contributed by atoms with Gasteiger partial charge in [-0.1, -0.05) is 12.1 Å². The summed E-state index contributed by atoms with van der Waals surface area (Å²) in [5.41, 5.74) is 1.63. The lowest BCUT2D eigenvalue weighted by atomic mass is 10.1. The van der Waals surface area contributed by atoms with E-state index in [0.29, 0.717) is 13.0 Å². The van der Waals surface area contributed by atoms with Crippen molar-refractivity contribution in [3.63, 3.8) is 0 Å². The molecule has 0 spiro atoms. The molecule has 24 heavy (non-hydrogen) atoms. The Labute approximate surface area is 139 Å². The van der Waals surface area contributed by atoms with Crippen LogP contribution in [0.5, 0.6) is 0 Å². The molecule has 0 bridgehead atoms. The maximum atomic E-state index is 13.9. The Morgan fingerprint density at radius 1 is 1.38 bits per heavy atom. The third-order valence-electron chi connectivity index (χ3n) is 5.07. The molecule has 2 heterocycles. The lowest BCUT2D eigenvalue weighted by molar-refractivity contribution is 0.186. The summed E-state index contributed by atoms with van der Waals surface area (Å²) in [4.78, 5) is 14.6. The van der Waals surface area contributed by atoms with Crippen molar-refractivity contribution in [2.75, 3.05) is 6.54 Å². The highest BCUT2D eigenvalue weighted by Gasteiger charge is 2.35. The molecule has 126 valence electrons. The highest BCUT2D eigenvalue weighted by Crippen LogP contribution is 2.34. The number of urea groups is 1. The second-order valence-corrected chi connectivity index (χ2v) is 6.50. The van der Waals surface area contributed by atoms with Gasteiger partial charge in [-0.05, 0) is 42.9 Å². The molecule has 1 aliphatic heterocycles. The average Bonchev–Trinajstić information content (AvgIpc) is 3.27. The van der Waals surface area contributed by atoms with Gasteiger partial charge in [-0.25, -0.2) is 9.18 Å². The number of nitrogens with zero attached hydrogens (tertiary/aromatic N) is 4. The van der Waals surface area contributed by atoms with Gasteiger partial charge in [-0.3, -0.25) is 0 Å². The molecule has 2 atom stereocenters. The number of likely N-dealkylation sites (tertiary alicyclic amines) is 1. The number of benzene rings is 1. The predicted octanol–water partition coefficient (Wildman–Crippen LogP) is 2.49. The van der Waals surface area contributed by atoms with Crippen molar-refractivity contribution in [2.24, 2.45) is 7.05 Å². The fourth-order valence-corrected chi connectivity index (χ4v) is 3.86. The molecule has 0 unspecified atom stereocenters. The first-order valence-electron chi connectivity index (χ1n) is 8.33.